The number of hydrogen-bond acceptors (Lipinski definition) is 2. The highest BCUT2D eigenvalue weighted by molar-refractivity contribution is 4.66. The molecule has 48 valence electrons. The molecule has 0 saturated carbocycles. The highest BCUT2D eigenvalue weighted by Gasteiger charge is 2.15. The van der Waals surface area contributed by atoms with Gasteiger partial charge < -0.3 is 4.74 Å². The Morgan fingerprint density at radius 2 is 2.38 bits per heavy atom. The molecule has 0 amide bonds. The normalized spacial score (nSPS) is 39.8. The van der Waals surface area contributed by atoms with E-state index in [1.165, 1.54) is 0 Å². The lowest BCUT2D eigenvalue weighted by atomic mass is 10.3. The van der Waals surface area contributed by atoms with Crippen molar-refractivity contribution in [3.05, 3.63) is 0 Å². The molecule has 1 fully saturated rings. The molecule has 0 aromatic rings. The van der Waals surface area contributed by atoms with Gasteiger partial charge in [-0.25, -0.2) is 4.39 Å². The zero-order valence-corrected chi connectivity index (χ0v) is 4.86. The van der Waals surface area contributed by atoms with Crippen molar-refractivity contribution in [1.82, 2.24) is 5.32 Å². The summed E-state index contributed by atoms with van der Waals surface area (Å²) in [6, 6.07) is 0.166. The highest BCUT2D eigenvalue weighted by Crippen LogP contribution is 1.98. The maximum absolute atomic E-state index is 12.2. The Bertz CT molecular complexity index is 70.8. The van der Waals surface area contributed by atoms with E-state index in [4.69, 9.17) is 4.74 Å². The van der Waals surface area contributed by atoms with Crippen molar-refractivity contribution in [2.24, 2.45) is 0 Å². The minimum atomic E-state index is -0.959. The first-order valence-corrected chi connectivity index (χ1v) is 2.77. The summed E-state index contributed by atoms with van der Waals surface area (Å²) >= 11 is 0. The zero-order chi connectivity index (χ0) is 5.98. The Labute approximate surface area is 48.0 Å². The van der Waals surface area contributed by atoms with Gasteiger partial charge in [0.05, 0.1) is 13.2 Å². The summed E-state index contributed by atoms with van der Waals surface area (Å²) in [5.74, 6) is 0. The van der Waals surface area contributed by atoms with Gasteiger partial charge in [-0.3, -0.25) is 5.32 Å². The van der Waals surface area contributed by atoms with E-state index in [2.05, 4.69) is 5.32 Å². The van der Waals surface area contributed by atoms with Crippen molar-refractivity contribution < 1.29 is 9.13 Å². The predicted molar refractivity (Wildman–Crippen MR) is 28.3 cm³/mol. The maximum Gasteiger partial charge on any atom is 0.174 e. The van der Waals surface area contributed by atoms with Crippen LogP contribution < -0.4 is 5.32 Å². The van der Waals surface area contributed by atoms with Crippen molar-refractivity contribution in [1.29, 1.82) is 0 Å². The standard InChI is InChI=1S/C5H10FNO/c1-4-2-8-3-5(6)7-4/h4-5,7H,2-3H2,1H3. The van der Waals surface area contributed by atoms with Crippen LogP contribution in [0, 0.1) is 0 Å². The molecule has 2 unspecified atom stereocenters. The molecule has 0 radical (unpaired) electrons. The number of rotatable bonds is 0. The number of nitrogens with one attached hydrogen (secondary N) is 1. The van der Waals surface area contributed by atoms with Crippen molar-refractivity contribution >= 4 is 0 Å². The second kappa shape index (κ2) is 2.42. The monoisotopic (exact) mass is 119 g/mol. The molecule has 0 aromatic heterocycles. The van der Waals surface area contributed by atoms with Crippen molar-refractivity contribution in [2.75, 3.05) is 13.2 Å². The number of alkyl halides is 1. The van der Waals surface area contributed by atoms with E-state index < -0.39 is 6.30 Å². The number of halogens is 1. The molecule has 0 aromatic carbocycles. The van der Waals surface area contributed by atoms with Gasteiger partial charge >= 0.3 is 0 Å². The molecule has 0 bridgehead atoms. The molecule has 1 aliphatic rings. The lowest BCUT2D eigenvalue weighted by Crippen LogP contribution is -2.44. The van der Waals surface area contributed by atoms with Gasteiger partial charge in [0.15, 0.2) is 6.30 Å². The summed E-state index contributed by atoms with van der Waals surface area (Å²) in [4.78, 5) is 0. The van der Waals surface area contributed by atoms with Gasteiger partial charge in [-0.15, -0.1) is 0 Å². The number of ether oxygens (including phenoxy) is 1. The van der Waals surface area contributed by atoms with Crippen LogP contribution in [0.15, 0.2) is 0 Å². The van der Waals surface area contributed by atoms with Crippen LogP contribution in [0.5, 0.6) is 0 Å². The molecule has 0 aliphatic carbocycles. The van der Waals surface area contributed by atoms with Crippen molar-refractivity contribution in [2.45, 2.75) is 19.3 Å². The van der Waals surface area contributed by atoms with Gasteiger partial charge in [-0.1, -0.05) is 0 Å². The SMILES string of the molecule is CC1COCC(F)N1. The lowest BCUT2D eigenvalue weighted by molar-refractivity contribution is 0.00528. The van der Waals surface area contributed by atoms with Crippen molar-refractivity contribution in [3.8, 4) is 0 Å². The maximum atomic E-state index is 12.2. The first-order valence-electron chi connectivity index (χ1n) is 2.77. The summed E-state index contributed by atoms with van der Waals surface area (Å²) < 4.78 is 17.1. The molecule has 3 heteroatoms. The van der Waals surface area contributed by atoms with E-state index in [-0.39, 0.29) is 12.6 Å². The Kier molecular flexibility index (Phi) is 1.81. The molecule has 1 N–H and O–H groups in total. The third-order valence-electron chi connectivity index (χ3n) is 1.10. The molecule has 1 saturated heterocycles. The van der Waals surface area contributed by atoms with E-state index in [0.29, 0.717) is 6.61 Å². The lowest BCUT2D eigenvalue weighted by Gasteiger charge is -2.22. The van der Waals surface area contributed by atoms with Crippen molar-refractivity contribution in [3.63, 3.8) is 0 Å². The van der Waals surface area contributed by atoms with Crippen LogP contribution in [0.25, 0.3) is 0 Å². The second-order valence-electron chi connectivity index (χ2n) is 2.07. The topological polar surface area (TPSA) is 21.3 Å². The van der Waals surface area contributed by atoms with Crippen LogP contribution in [-0.4, -0.2) is 25.6 Å². The highest BCUT2D eigenvalue weighted by atomic mass is 19.1. The molecule has 1 heterocycles. The molecule has 8 heavy (non-hydrogen) atoms. The van der Waals surface area contributed by atoms with Crippen LogP contribution >= 0.6 is 0 Å². The van der Waals surface area contributed by atoms with Crippen LogP contribution in [0.2, 0.25) is 0 Å². The van der Waals surface area contributed by atoms with E-state index in [1.54, 1.807) is 0 Å². The van der Waals surface area contributed by atoms with Crippen LogP contribution in [0.4, 0.5) is 4.39 Å². The smallest absolute Gasteiger partial charge is 0.174 e. The van der Waals surface area contributed by atoms with Crippen LogP contribution in [0.1, 0.15) is 6.92 Å². The molecule has 1 rings (SSSR count). The van der Waals surface area contributed by atoms with E-state index in [1.807, 2.05) is 6.92 Å². The van der Waals surface area contributed by atoms with Gasteiger partial charge in [0.2, 0.25) is 0 Å². The summed E-state index contributed by atoms with van der Waals surface area (Å²) in [5.41, 5.74) is 0. The summed E-state index contributed by atoms with van der Waals surface area (Å²) in [5, 5.41) is 2.69. The molecular formula is C5H10FNO. The van der Waals surface area contributed by atoms with E-state index in [0.717, 1.165) is 0 Å². The fraction of sp³-hybridized carbons (Fsp3) is 1.00. The minimum Gasteiger partial charge on any atom is -0.375 e. The van der Waals surface area contributed by atoms with E-state index >= 15 is 0 Å². The first-order chi connectivity index (χ1) is 3.79. The van der Waals surface area contributed by atoms with Gasteiger partial charge in [-0.2, -0.15) is 0 Å². The molecule has 0 spiro atoms. The van der Waals surface area contributed by atoms with E-state index in [9.17, 15) is 4.39 Å². The molecule has 2 atom stereocenters. The van der Waals surface area contributed by atoms with Gasteiger partial charge in [0, 0.05) is 6.04 Å². The first kappa shape index (κ1) is 5.98. The average molecular weight is 119 g/mol. The number of hydrogen-bond donors (Lipinski definition) is 1. The summed E-state index contributed by atoms with van der Waals surface area (Å²) in [7, 11) is 0. The van der Waals surface area contributed by atoms with Gasteiger partial charge in [0.25, 0.3) is 0 Å². The fourth-order valence-electron chi connectivity index (χ4n) is 0.753. The quantitative estimate of drug-likeness (QED) is 0.463. The molecule has 2 nitrogen and oxygen atoms in total. The zero-order valence-electron chi connectivity index (χ0n) is 4.86. The Morgan fingerprint density at radius 1 is 1.62 bits per heavy atom. The third kappa shape index (κ3) is 1.42. The Balaban J connectivity index is 2.23. The van der Waals surface area contributed by atoms with Crippen LogP contribution in [0.3, 0.4) is 0 Å². The summed E-state index contributed by atoms with van der Waals surface area (Å²) in [6.07, 6.45) is -0.959. The minimum absolute atomic E-state index is 0.166. The van der Waals surface area contributed by atoms with Gasteiger partial charge in [0.1, 0.15) is 0 Å². The predicted octanol–water partition coefficient (Wildman–Crippen LogP) is 0.290. The number of morpholine rings is 1. The average Bonchev–Trinajstić information content (AvgIpc) is 1.64. The Morgan fingerprint density at radius 3 is 2.75 bits per heavy atom. The Hall–Kier alpha value is -0.150. The summed E-state index contributed by atoms with van der Waals surface area (Å²) in [6.45, 7) is 2.72. The molecule has 1 aliphatic heterocycles. The van der Waals surface area contributed by atoms with Crippen LogP contribution in [-0.2, 0) is 4.74 Å². The third-order valence-corrected chi connectivity index (χ3v) is 1.10. The second-order valence-corrected chi connectivity index (χ2v) is 2.07. The molecular weight excluding hydrogens is 109 g/mol. The largest absolute Gasteiger partial charge is 0.375 e. The fourth-order valence-corrected chi connectivity index (χ4v) is 0.753. The van der Waals surface area contributed by atoms with Gasteiger partial charge in [-0.05, 0) is 6.92 Å².